The van der Waals surface area contributed by atoms with Gasteiger partial charge in [0.25, 0.3) is 5.91 Å². The van der Waals surface area contributed by atoms with E-state index in [2.05, 4.69) is 10.1 Å². The van der Waals surface area contributed by atoms with Gasteiger partial charge in [-0.15, -0.1) is 0 Å². The summed E-state index contributed by atoms with van der Waals surface area (Å²) in [6, 6.07) is 2.65. The fourth-order valence-corrected chi connectivity index (χ4v) is 2.66. The monoisotopic (exact) mass is 334 g/mol. The number of carbonyl (C=O) groups is 2. The lowest BCUT2D eigenvalue weighted by Crippen LogP contribution is -2.47. The molecule has 9 heteroatoms. The predicted molar refractivity (Wildman–Crippen MR) is 80.8 cm³/mol. The third kappa shape index (κ3) is 3.30. The molecule has 1 unspecified atom stereocenters. The summed E-state index contributed by atoms with van der Waals surface area (Å²) in [5, 5.41) is 13.2. The van der Waals surface area contributed by atoms with Crippen LogP contribution in [0.3, 0.4) is 0 Å². The number of hydrogen-bond acceptors (Lipinski definition) is 6. The highest BCUT2D eigenvalue weighted by molar-refractivity contribution is 5.93. The molecule has 3 rings (SSSR count). The minimum Gasteiger partial charge on any atom is -0.475 e. The Labute approximate surface area is 137 Å². The molecule has 1 amide bonds. The van der Waals surface area contributed by atoms with Crippen molar-refractivity contribution in [3.8, 4) is 0 Å². The van der Waals surface area contributed by atoms with Crippen LogP contribution in [0, 0.1) is 13.8 Å². The Bertz CT molecular complexity index is 766. The molecule has 1 fully saturated rings. The van der Waals surface area contributed by atoms with Crippen molar-refractivity contribution in [3.05, 3.63) is 35.3 Å². The molecular weight excluding hydrogens is 316 g/mol. The molecule has 128 valence electrons. The number of carboxylic acids is 1. The van der Waals surface area contributed by atoms with E-state index >= 15 is 0 Å². The van der Waals surface area contributed by atoms with Gasteiger partial charge in [0.05, 0.1) is 19.3 Å². The van der Waals surface area contributed by atoms with Crippen LogP contribution in [0.15, 0.2) is 16.5 Å². The summed E-state index contributed by atoms with van der Waals surface area (Å²) in [5.74, 6) is -0.310. The molecule has 24 heavy (non-hydrogen) atoms. The number of aryl methyl sites for hydroxylation is 2. The summed E-state index contributed by atoms with van der Waals surface area (Å²) in [5.41, 5.74) is 0. The lowest BCUT2D eigenvalue weighted by molar-refractivity contribution is -0.0311. The molecule has 0 aliphatic carbocycles. The van der Waals surface area contributed by atoms with Gasteiger partial charge >= 0.3 is 5.97 Å². The first kappa shape index (κ1) is 16.2. The van der Waals surface area contributed by atoms with Gasteiger partial charge < -0.3 is 19.2 Å². The quantitative estimate of drug-likeness (QED) is 0.877. The van der Waals surface area contributed by atoms with E-state index in [4.69, 9.17) is 14.3 Å². The maximum absolute atomic E-state index is 12.5. The van der Waals surface area contributed by atoms with E-state index in [0.29, 0.717) is 32.1 Å². The number of furan rings is 1. The molecule has 1 atom stereocenters. The smallest absolute Gasteiger partial charge is 0.371 e. The van der Waals surface area contributed by atoms with Crippen LogP contribution >= 0.6 is 0 Å². The van der Waals surface area contributed by atoms with E-state index in [0.717, 1.165) is 5.82 Å². The second kappa shape index (κ2) is 6.44. The van der Waals surface area contributed by atoms with Crippen LogP contribution in [0.4, 0.5) is 0 Å². The molecule has 0 radical (unpaired) electrons. The maximum atomic E-state index is 12.5. The lowest BCUT2D eigenvalue weighted by Gasteiger charge is -2.32. The van der Waals surface area contributed by atoms with E-state index < -0.39 is 5.97 Å². The van der Waals surface area contributed by atoms with Gasteiger partial charge in [-0.2, -0.15) is 5.10 Å². The van der Waals surface area contributed by atoms with E-state index in [1.165, 1.54) is 12.1 Å². The zero-order valence-electron chi connectivity index (χ0n) is 13.4. The van der Waals surface area contributed by atoms with Crippen LogP contribution in [-0.2, 0) is 11.3 Å². The van der Waals surface area contributed by atoms with Crippen LogP contribution in [-0.4, -0.2) is 62.4 Å². The van der Waals surface area contributed by atoms with Crippen molar-refractivity contribution in [2.75, 3.05) is 19.7 Å². The van der Waals surface area contributed by atoms with Crippen molar-refractivity contribution in [1.29, 1.82) is 0 Å². The molecule has 1 aliphatic rings. The van der Waals surface area contributed by atoms with Crippen LogP contribution < -0.4 is 0 Å². The molecule has 9 nitrogen and oxygen atoms in total. The molecule has 0 bridgehead atoms. The molecule has 0 spiro atoms. The van der Waals surface area contributed by atoms with Crippen molar-refractivity contribution in [3.63, 3.8) is 0 Å². The first-order valence-corrected chi connectivity index (χ1v) is 7.56. The highest BCUT2D eigenvalue weighted by Gasteiger charge is 2.28. The summed E-state index contributed by atoms with van der Waals surface area (Å²) in [4.78, 5) is 29.1. The molecule has 1 saturated heterocycles. The molecule has 2 aromatic heterocycles. The standard InChI is InChI=1S/C15H18N4O5/c1-9-16-10(2)19(17-9)8-11-7-18(5-6-23-11)14(20)12-3-4-13(24-12)15(21)22/h3-4,11H,5-8H2,1-2H3,(H,21,22). The third-order valence-corrected chi connectivity index (χ3v) is 3.79. The first-order chi connectivity index (χ1) is 11.4. The Hall–Kier alpha value is -2.68. The molecule has 1 aliphatic heterocycles. The fraction of sp³-hybridized carbons (Fsp3) is 0.467. The zero-order valence-corrected chi connectivity index (χ0v) is 13.4. The second-order valence-corrected chi connectivity index (χ2v) is 5.60. The van der Waals surface area contributed by atoms with E-state index in [9.17, 15) is 9.59 Å². The molecular formula is C15H18N4O5. The number of nitrogens with zero attached hydrogens (tertiary/aromatic N) is 4. The van der Waals surface area contributed by atoms with Crippen LogP contribution in [0.25, 0.3) is 0 Å². The van der Waals surface area contributed by atoms with Crippen molar-refractivity contribution < 1.29 is 23.8 Å². The molecule has 1 N–H and O–H groups in total. The normalized spacial score (nSPS) is 17.9. The Kier molecular flexibility index (Phi) is 4.34. The molecule has 3 heterocycles. The summed E-state index contributed by atoms with van der Waals surface area (Å²) >= 11 is 0. The number of aromatic nitrogens is 3. The third-order valence-electron chi connectivity index (χ3n) is 3.79. The van der Waals surface area contributed by atoms with Gasteiger partial charge in [-0.3, -0.25) is 4.79 Å². The fourth-order valence-electron chi connectivity index (χ4n) is 2.66. The maximum Gasteiger partial charge on any atom is 0.371 e. The summed E-state index contributed by atoms with van der Waals surface area (Å²) in [7, 11) is 0. The van der Waals surface area contributed by atoms with Gasteiger partial charge in [0.2, 0.25) is 5.76 Å². The second-order valence-electron chi connectivity index (χ2n) is 5.60. The molecule has 0 saturated carbocycles. The van der Waals surface area contributed by atoms with Crippen LogP contribution in [0.5, 0.6) is 0 Å². The van der Waals surface area contributed by atoms with E-state index in [1.54, 1.807) is 9.58 Å². The zero-order chi connectivity index (χ0) is 17.3. The number of morpholine rings is 1. The van der Waals surface area contributed by atoms with Crippen molar-refractivity contribution in [2.45, 2.75) is 26.5 Å². The Morgan fingerprint density at radius 2 is 2.08 bits per heavy atom. The van der Waals surface area contributed by atoms with Crippen molar-refractivity contribution in [1.82, 2.24) is 19.7 Å². The Morgan fingerprint density at radius 1 is 1.33 bits per heavy atom. The van der Waals surface area contributed by atoms with Gasteiger partial charge in [-0.1, -0.05) is 0 Å². The summed E-state index contributed by atoms with van der Waals surface area (Å²) < 4.78 is 12.5. The number of carbonyl (C=O) groups excluding carboxylic acids is 1. The van der Waals surface area contributed by atoms with Gasteiger partial charge in [0, 0.05) is 13.1 Å². The van der Waals surface area contributed by atoms with E-state index in [1.807, 2.05) is 13.8 Å². The van der Waals surface area contributed by atoms with Gasteiger partial charge in [-0.05, 0) is 26.0 Å². The number of rotatable bonds is 4. The van der Waals surface area contributed by atoms with Gasteiger partial charge in [-0.25, -0.2) is 14.5 Å². The van der Waals surface area contributed by atoms with Crippen molar-refractivity contribution in [2.24, 2.45) is 0 Å². The van der Waals surface area contributed by atoms with Crippen LogP contribution in [0.2, 0.25) is 0 Å². The average molecular weight is 334 g/mol. The first-order valence-electron chi connectivity index (χ1n) is 7.56. The summed E-state index contributed by atoms with van der Waals surface area (Å²) in [6.45, 7) is 5.37. The SMILES string of the molecule is Cc1nc(C)n(CC2CN(C(=O)c3ccc(C(=O)O)o3)CCO2)n1. The number of hydrogen-bond donors (Lipinski definition) is 1. The number of ether oxygens (including phenoxy) is 1. The summed E-state index contributed by atoms with van der Waals surface area (Å²) in [6.07, 6.45) is -0.212. The van der Waals surface area contributed by atoms with Crippen LogP contribution in [0.1, 0.15) is 32.8 Å². The Morgan fingerprint density at radius 3 is 2.71 bits per heavy atom. The minimum atomic E-state index is -1.20. The van der Waals surface area contributed by atoms with Crippen molar-refractivity contribution >= 4 is 11.9 Å². The predicted octanol–water partition coefficient (Wildman–Crippen LogP) is 0.727. The highest BCUT2D eigenvalue weighted by Crippen LogP contribution is 2.15. The molecule has 2 aromatic rings. The molecule has 0 aromatic carbocycles. The Balaban J connectivity index is 1.67. The number of amides is 1. The average Bonchev–Trinajstić information content (AvgIpc) is 3.14. The highest BCUT2D eigenvalue weighted by atomic mass is 16.5. The number of aromatic carboxylic acids is 1. The lowest BCUT2D eigenvalue weighted by atomic mass is 10.2. The number of carboxylic acid groups (broad SMARTS) is 1. The topological polar surface area (TPSA) is 111 Å². The largest absolute Gasteiger partial charge is 0.475 e. The van der Waals surface area contributed by atoms with Gasteiger partial charge in [0.1, 0.15) is 11.6 Å². The van der Waals surface area contributed by atoms with Gasteiger partial charge in [0.15, 0.2) is 5.76 Å². The van der Waals surface area contributed by atoms with E-state index in [-0.39, 0.29) is 23.5 Å². The minimum absolute atomic E-state index is 0.0147.